The maximum atomic E-state index is 13.2. The lowest BCUT2D eigenvalue weighted by Crippen LogP contribution is -2.42. The van der Waals surface area contributed by atoms with Crippen LogP contribution in [-0.2, 0) is 21.2 Å². The molecule has 0 N–H and O–H groups in total. The molecule has 2 heterocycles. The predicted octanol–water partition coefficient (Wildman–Crippen LogP) is 3.43. The number of fused-ring (bicyclic) bond motifs is 1. The highest BCUT2D eigenvalue weighted by atomic mass is 32.2. The highest BCUT2D eigenvalue weighted by molar-refractivity contribution is 7.89. The second-order valence-corrected chi connectivity index (χ2v) is 10.9. The number of amides is 1. The van der Waals surface area contributed by atoms with E-state index in [-0.39, 0.29) is 17.9 Å². The molecule has 1 aromatic rings. The van der Waals surface area contributed by atoms with Crippen molar-refractivity contribution in [3.8, 4) is 0 Å². The zero-order valence-corrected chi connectivity index (χ0v) is 17.3. The van der Waals surface area contributed by atoms with Crippen LogP contribution in [0.4, 0.5) is 5.69 Å². The third-order valence-corrected chi connectivity index (χ3v) is 8.26. The first-order valence-corrected chi connectivity index (χ1v) is 11.7. The number of rotatable bonds is 3. The van der Waals surface area contributed by atoms with Gasteiger partial charge in [0.05, 0.1) is 4.90 Å². The summed E-state index contributed by atoms with van der Waals surface area (Å²) in [5.41, 5.74) is 1.88. The number of anilines is 1. The van der Waals surface area contributed by atoms with Gasteiger partial charge in [0.1, 0.15) is 0 Å². The van der Waals surface area contributed by atoms with Crippen molar-refractivity contribution in [2.75, 3.05) is 18.0 Å². The lowest BCUT2D eigenvalue weighted by molar-refractivity contribution is -0.125. The van der Waals surface area contributed by atoms with Crippen LogP contribution in [0, 0.1) is 17.8 Å². The molecule has 1 aliphatic carbocycles. The summed E-state index contributed by atoms with van der Waals surface area (Å²) in [5, 5.41) is 0. The Morgan fingerprint density at radius 1 is 1.07 bits per heavy atom. The summed E-state index contributed by atoms with van der Waals surface area (Å²) < 4.78 is 28.0. The van der Waals surface area contributed by atoms with Crippen LogP contribution in [0.2, 0.25) is 0 Å². The fourth-order valence-corrected chi connectivity index (χ4v) is 6.64. The molecule has 1 saturated heterocycles. The van der Waals surface area contributed by atoms with E-state index < -0.39 is 10.0 Å². The van der Waals surface area contributed by atoms with Crippen LogP contribution >= 0.6 is 0 Å². The van der Waals surface area contributed by atoms with Gasteiger partial charge in [0.15, 0.2) is 0 Å². The summed E-state index contributed by atoms with van der Waals surface area (Å²) in [7, 11) is -3.48. The Kier molecular flexibility index (Phi) is 4.83. The van der Waals surface area contributed by atoms with Gasteiger partial charge in [-0.15, -0.1) is 0 Å². The van der Waals surface area contributed by atoms with Gasteiger partial charge >= 0.3 is 0 Å². The van der Waals surface area contributed by atoms with Crippen molar-refractivity contribution >= 4 is 21.6 Å². The predicted molar refractivity (Wildman–Crippen MR) is 106 cm³/mol. The van der Waals surface area contributed by atoms with Crippen LogP contribution in [-0.4, -0.2) is 37.8 Å². The summed E-state index contributed by atoms with van der Waals surface area (Å²) in [4.78, 5) is 15.1. The number of carbonyl (C=O) groups is 1. The standard InChI is InChI=1S/C21H30N2O3S/c1-14-9-15(2)13-22(12-14)27(25,26)19-7-8-20-18(11-19)10-16(3)23(20)21(24)17-5-4-6-17/h7-8,11,14-17H,4-6,9-10,12-13H2,1-3H3/t14-,15+,16-/m1/s1. The first kappa shape index (κ1) is 18.9. The highest BCUT2D eigenvalue weighted by Crippen LogP contribution is 2.39. The van der Waals surface area contributed by atoms with Gasteiger partial charge in [0.25, 0.3) is 0 Å². The molecular formula is C21H30N2O3S. The van der Waals surface area contributed by atoms with Gasteiger partial charge < -0.3 is 4.90 Å². The first-order chi connectivity index (χ1) is 12.8. The zero-order valence-electron chi connectivity index (χ0n) is 16.5. The van der Waals surface area contributed by atoms with Gasteiger partial charge in [0, 0.05) is 30.7 Å². The second-order valence-electron chi connectivity index (χ2n) is 8.95. The summed E-state index contributed by atoms with van der Waals surface area (Å²) in [6.45, 7) is 7.47. The van der Waals surface area contributed by atoms with Gasteiger partial charge in [-0.1, -0.05) is 20.3 Å². The molecule has 1 saturated carbocycles. The van der Waals surface area contributed by atoms with Gasteiger partial charge in [0.2, 0.25) is 15.9 Å². The Labute approximate surface area is 162 Å². The minimum absolute atomic E-state index is 0.0982. The van der Waals surface area contributed by atoms with Crippen LogP contribution in [0.5, 0.6) is 0 Å². The second kappa shape index (κ2) is 6.89. The van der Waals surface area contributed by atoms with E-state index in [1.807, 2.05) is 11.0 Å². The van der Waals surface area contributed by atoms with Gasteiger partial charge in [-0.05, 0) is 68.2 Å². The topological polar surface area (TPSA) is 57.7 Å². The molecule has 0 radical (unpaired) electrons. The molecule has 27 heavy (non-hydrogen) atoms. The zero-order chi connectivity index (χ0) is 19.3. The van der Waals surface area contributed by atoms with Gasteiger partial charge in [-0.2, -0.15) is 4.31 Å². The van der Waals surface area contributed by atoms with Crippen LogP contribution in [0.25, 0.3) is 0 Å². The molecule has 3 aliphatic rings. The molecular weight excluding hydrogens is 360 g/mol. The Morgan fingerprint density at radius 3 is 2.33 bits per heavy atom. The van der Waals surface area contributed by atoms with E-state index in [0.29, 0.717) is 29.8 Å². The molecule has 1 aromatic carbocycles. The molecule has 2 fully saturated rings. The molecule has 0 spiro atoms. The molecule has 4 rings (SSSR count). The highest BCUT2D eigenvalue weighted by Gasteiger charge is 2.38. The quantitative estimate of drug-likeness (QED) is 0.794. The van der Waals surface area contributed by atoms with E-state index in [1.54, 1.807) is 16.4 Å². The molecule has 2 aliphatic heterocycles. The molecule has 148 valence electrons. The molecule has 1 amide bonds. The minimum Gasteiger partial charge on any atom is -0.309 e. The smallest absolute Gasteiger partial charge is 0.243 e. The first-order valence-electron chi connectivity index (χ1n) is 10.2. The average Bonchev–Trinajstić information content (AvgIpc) is 2.87. The van der Waals surface area contributed by atoms with Crippen LogP contribution in [0.3, 0.4) is 0 Å². The number of benzene rings is 1. The number of carbonyl (C=O) groups excluding carboxylic acids is 1. The normalized spacial score (nSPS) is 29.4. The number of hydrogen-bond acceptors (Lipinski definition) is 3. The van der Waals surface area contributed by atoms with Crippen LogP contribution in [0.1, 0.15) is 52.0 Å². The summed E-state index contributed by atoms with van der Waals surface area (Å²) in [5.74, 6) is 1.13. The third kappa shape index (κ3) is 3.31. The van der Waals surface area contributed by atoms with E-state index in [9.17, 15) is 13.2 Å². The van der Waals surface area contributed by atoms with E-state index in [1.165, 1.54) is 0 Å². The Balaban J connectivity index is 1.62. The fourth-order valence-electron chi connectivity index (χ4n) is 4.91. The largest absolute Gasteiger partial charge is 0.309 e. The van der Waals surface area contributed by atoms with Gasteiger partial charge in [-0.3, -0.25) is 4.79 Å². The van der Waals surface area contributed by atoms with Crippen molar-refractivity contribution in [2.24, 2.45) is 17.8 Å². The number of nitrogens with zero attached hydrogens (tertiary/aromatic N) is 2. The van der Waals surface area contributed by atoms with E-state index in [0.717, 1.165) is 43.4 Å². The number of sulfonamides is 1. The SMILES string of the molecule is C[C@@H]1C[C@H](C)CN(S(=O)(=O)c2ccc3c(c2)C[C@@H](C)N3C(=O)C2CCC2)C1. The lowest BCUT2D eigenvalue weighted by Gasteiger charge is -2.34. The molecule has 0 bridgehead atoms. The maximum absolute atomic E-state index is 13.2. The van der Waals surface area contributed by atoms with E-state index in [2.05, 4.69) is 20.8 Å². The van der Waals surface area contributed by atoms with Crippen molar-refractivity contribution < 1.29 is 13.2 Å². The molecule has 6 heteroatoms. The van der Waals surface area contributed by atoms with Crippen molar-refractivity contribution in [3.05, 3.63) is 23.8 Å². The van der Waals surface area contributed by atoms with Gasteiger partial charge in [-0.25, -0.2) is 8.42 Å². The third-order valence-electron chi connectivity index (χ3n) is 6.43. The monoisotopic (exact) mass is 390 g/mol. The van der Waals surface area contributed by atoms with Crippen molar-refractivity contribution in [1.29, 1.82) is 0 Å². The fraction of sp³-hybridized carbons (Fsp3) is 0.667. The van der Waals surface area contributed by atoms with E-state index in [4.69, 9.17) is 0 Å². The Hall–Kier alpha value is -1.40. The van der Waals surface area contributed by atoms with Crippen molar-refractivity contribution in [1.82, 2.24) is 4.31 Å². The maximum Gasteiger partial charge on any atom is 0.243 e. The Morgan fingerprint density at radius 2 is 1.74 bits per heavy atom. The lowest BCUT2D eigenvalue weighted by atomic mass is 9.84. The summed E-state index contributed by atoms with van der Waals surface area (Å²) in [6, 6.07) is 5.44. The van der Waals surface area contributed by atoms with Crippen LogP contribution < -0.4 is 4.90 Å². The number of hydrogen-bond donors (Lipinski definition) is 0. The number of piperidine rings is 1. The van der Waals surface area contributed by atoms with E-state index >= 15 is 0 Å². The summed E-state index contributed by atoms with van der Waals surface area (Å²) >= 11 is 0. The molecule has 0 unspecified atom stereocenters. The molecule has 3 atom stereocenters. The van der Waals surface area contributed by atoms with Crippen LogP contribution in [0.15, 0.2) is 23.1 Å². The Bertz CT molecular complexity index is 837. The van der Waals surface area contributed by atoms with Crippen molar-refractivity contribution in [3.63, 3.8) is 0 Å². The molecule has 0 aromatic heterocycles. The van der Waals surface area contributed by atoms with Crippen molar-refractivity contribution in [2.45, 2.75) is 63.8 Å². The molecule has 5 nitrogen and oxygen atoms in total. The summed E-state index contributed by atoms with van der Waals surface area (Å²) in [6.07, 6.45) is 4.90. The average molecular weight is 391 g/mol. The minimum atomic E-state index is -3.48.